The summed E-state index contributed by atoms with van der Waals surface area (Å²) >= 11 is 0. The van der Waals surface area contributed by atoms with Crippen molar-refractivity contribution in [1.82, 2.24) is 14.9 Å². The van der Waals surface area contributed by atoms with Crippen LogP contribution >= 0.6 is 0 Å². The Morgan fingerprint density at radius 1 is 1.12 bits per heavy atom. The number of benzene rings is 1. The van der Waals surface area contributed by atoms with Crippen LogP contribution < -0.4 is 4.90 Å². The summed E-state index contributed by atoms with van der Waals surface area (Å²) < 4.78 is 5.51. The Hall–Kier alpha value is -1.98. The Morgan fingerprint density at radius 2 is 1.92 bits per heavy atom. The van der Waals surface area contributed by atoms with Crippen molar-refractivity contribution in [3.8, 4) is 0 Å². The molecular formula is C21H28N4O. The van der Waals surface area contributed by atoms with E-state index in [2.05, 4.69) is 63.2 Å². The molecule has 0 radical (unpaired) electrons. The molecule has 0 aliphatic carbocycles. The van der Waals surface area contributed by atoms with E-state index in [1.807, 2.05) is 0 Å². The van der Waals surface area contributed by atoms with Crippen molar-refractivity contribution in [2.75, 3.05) is 38.3 Å². The van der Waals surface area contributed by atoms with Gasteiger partial charge in [0.15, 0.2) is 0 Å². The number of piperidine rings is 1. The minimum atomic E-state index is 0.436. The zero-order valence-electron chi connectivity index (χ0n) is 15.6. The van der Waals surface area contributed by atoms with Gasteiger partial charge in [-0.2, -0.15) is 0 Å². The van der Waals surface area contributed by atoms with Gasteiger partial charge in [-0.1, -0.05) is 30.3 Å². The Morgan fingerprint density at radius 3 is 2.65 bits per heavy atom. The van der Waals surface area contributed by atoms with Gasteiger partial charge < -0.3 is 9.64 Å². The second kappa shape index (κ2) is 8.14. The summed E-state index contributed by atoms with van der Waals surface area (Å²) in [5.74, 6) is 1.51. The minimum Gasteiger partial charge on any atom is -0.381 e. The monoisotopic (exact) mass is 352 g/mol. The Bertz CT molecular complexity index is 694. The molecule has 4 rings (SSSR count). The molecule has 0 bridgehead atoms. The van der Waals surface area contributed by atoms with Gasteiger partial charge in [0, 0.05) is 44.3 Å². The fourth-order valence-corrected chi connectivity index (χ4v) is 4.06. The highest BCUT2D eigenvalue weighted by molar-refractivity contribution is 5.40. The smallest absolute Gasteiger partial charge is 0.132 e. The van der Waals surface area contributed by atoms with Gasteiger partial charge in [0.25, 0.3) is 0 Å². The van der Waals surface area contributed by atoms with Crippen molar-refractivity contribution in [2.24, 2.45) is 0 Å². The molecule has 2 fully saturated rings. The molecule has 2 aliphatic rings. The molecule has 138 valence electrons. The first kappa shape index (κ1) is 17.4. The van der Waals surface area contributed by atoms with Crippen LogP contribution in [0, 0.1) is 0 Å². The molecule has 0 amide bonds. The van der Waals surface area contributed by atoms with E-state index in [4.69, 9.17) is 4.74 Å². The number of hydrogen-bond donors (Lipinski definition) is 0. The van der Waals surface area contributed by atoms with Gasteiger partial charge in [0.05, 0.1) is 12.3 Å². The van der Waals surface area contributed by atoms with E-state index in [1.54, 1.807) is 6.33 Å². The normalized spacial score (nSPS) is 21.5. The largest absolute Gasteiger partial charge is 0.381 e. The molecule has 2 aromatic rings. The molecule has 1 atom stereocenters. The maximum absolute atomic E-state index is 5.51. The van der Waals surface area contributed by atoms with Crippen molar-refractivity contribution in [3.05, 3.63) is 54.0 Å². The number of ether oxygens (including phenoxy) is 1. The molecule has 1 aromatic carbocycles. The lowest BCUT2D eigenvalue weighted by atomic mass is 10.0. The van der Waals surface area contributed by atoms with Crippen molar-refractivity contribution in [1.29, 1.82) is 0 Å². The maximum Gasteiger partial charge on any atom is 0.132 e. The molecule has 0 spiro atoms. The standard InChI is InChI=1S/C21H28N4O/c1-24(14-17-5-3-2-4-6-17)19-7-10-25(11-8-19)21-13-20(22-16-23-21)18-9-12-26-15-18/h2-6,13,16,18-19H,7-12,14-15H2,1H3. The Balaban J connectivity index is 1.34. The van der Waals surface area contributed by atoms with Crippen LogP contribution in [0.2, 0.25) is 0 Å². The highest BCUT2D eigenvalue weighted by atomic mass is 16.5. The predicted octanol–water partition coefficient (Wildman–Crippen LogP) is 3.08. The third-order valence-electron chi connectivity index (χ3n) is 5.71. The number of nitrogens with zero attached hydrogens (tertiary/aromatic N) is 4. The summed E-state index contributed by atoms with van der Waals surface area (Å²) in [5.41, 5.74) is 2.52. The van der Waals surface area contributed by atoms with Gasteiger partial charge in [-0.05, 0) is 31.9 Å². The van der Waals surface area contributed by atoms with Crippen LogP contribution in [0.4, 0.5) is 5.82 Å². The molecule has 26 heavy (non-hydrogen) atoms. The van der Waals surface area contributed by atoms with Crippen molar-refractivity contribution in [2.45, 2.75) is 37.8 Å². The second-order valence-corrected chi connectivity index (χ2v) is 7.48. The summed E-state index contributed by atoms with van der Waals surface area (Å²) in [6.45, 7) is 4.78. The second-order valence-electron chi connectivity index (χ2n) is 7.48. The predicted molar refractivity (Wildman–Crippen MR) is 103 cm³/mol. The number of aromatic nitrogens is 2. The Kier molecular flexibility index (Phi) is 5.46. The van der Waals surface area contributed by atoms with Gasteiger partial charge in [0.2, 0.25) is 0 Å². The van der Waals surface area contributed by atoms with Gasteiger partial charge >= 0.3 is 0 Å². The van der Waals surface area contributed by atoms with Crippen LogP contribution in [0.1, 0.15) is 36.4 Å². The molecule has 0 N–H and O–H groups in total. The fraction of sp³-hybridized carbons (Fsp3) is 0.524. The number of anilines is 1. The van der Waals surface area contributed by atoms with E-state index >= 15 is 0 Å². The average molecular weight is 352 g/mol. The van der Waals surface area contributed by atoms with E-state index in [0.29, 0.717) is 12.0 Å². The van der Waals surface area contributed by atoms with Crippen molar-refractivity contribution in [3.63, 3.8) is 0 Å². The number of rotatable bonds is 5. The molecule has 3 heterocycles. The highest BCUT2D eigenvalue weighted by Gasteiger charge is 2.25. The zero-order valence-corrected chi connectivity index (χ0v) is 15.6. The fourth-order valence-electron chi connectivity index (χ4n) is 4.06. The van der Waals surface area contributed by atoms with Crippen LogP contribution in [-0.4, -0.2) is 54.3 Å². The van der Waals surface area contributed by atoms with Crippen LogP contribution in [0.5, 0.6) is 0 Å². The van der Waals surface area contributed by atoms with E-state index in [1.165, 1.54) is 18.4 Å². The van der Waals surface area contributed by atoms with Crippen molar-refractivity contribution >= 4 is 5.82 Å². The molecule has 1 aromatic heterocycles. The minimum absolute atomic E-state index is 0.436. The Labute approximate surface area is 156 Å². The quantitative estimate of drug-likeness (QED) is 0.827. The first-order valence-corrected chi connectivity index (χ1v) is 9.68. The van der Waals surface area contributed by atoms with Crippen LogP contribution in [-0.2, 0) is 11.3 Å². The summed E-state index contributed by atoms with van der Waals surface area (Å²) in [5, 5.41) is 0. The molecule has 5 nitrogen and oxygen atoms in total. The summed E-state index contributed by atoms with van der Waals surface area (Å²) in [7, 11) is 2.25. The van der Waals surface area contributed by atoms with Crippen molar-refractivity contribution < 1.29 is 4.74 Å². The third-order valence-corrected chi connectivity index (χ3v) is 5.71. The zero-order chi connectivity index (χ0) is 17.8. The van der Waals surface area contributed by atoms with Gasteiger partial charge in [-0.15, -0.1) is 0 Å². The lowest BCUT2D eigenvalue weighted by Gasteiger charge is -2.37. The SMILES string of the molecule is CN(Cc1ccccc1)C1CCN(c2cc(C3CCOC3)ncn2)CC1. The topological polar surface area (TPSA) is 41.5 Å². The van der Waals surface area contributed by atoms with E-state index in [9.17, 15) is 0 Å². The van der Waals surface area contributed by atoms with E-state index in [-0.39, 0.29) is 0 Å². The number of hydrogen-bond acceptors (Lipinski definition) is 5. The maximum atomic E-state index is 5.51. The summed E-state index contributed by atoms with van der Waals surface area (Å²) in [6.07, 6.45) is 5.14. The third kappa shape index (κ3) is 4.05. The first-order valence-electron chi connectivity index (χ1n) is 9.68. The lowest BCUT2D eigenvalue weighted by Crippen LogP contribution is -2.43. The molecule has 0 saturated carbocycles. The average Bonchev–Trinajstić information content (AvgIpc) is 3.24. The summed E-state index contributed by atoms with van der Waals surface area (Å²) in [6, 6.07) is 13.5. The van der Waals surface area contributed by atoms with Crippen LogP contribution in [0.25, 0.3) is 0 Å². The van der Waals surface area contributed by atoms with Crippen LogP contribution in [0.3, 0.4) is 0 Å². The highest BCUT2D eigenvalue weighted by Crippen LogP contribution is 2.27. The molecular weight excluding hydrogens is 324 g/mol. The van der Waals surface area contributed by atoms with Gasteiger partial charge in [0.1, 0.15) is 12.1 Å². The van der Waals surface area contributed by atoms with E-state index < -0.39 is 0 Å². The molecule has 2 aliphatic heterocycles. The molecule has 5 heteroatoms. The molecule has 2 saturated heterocycles. The molecule has 1 unspecified atom stereocenters. The lowest BCUT2D eigenvalue weighted by molar-refractivity contribution is 0.193. The summed E-state index contributed by atoms with van der Waals surface area (Å²) in [4.78, 5) is 13.9. The van der Waals surface area contributed by atoms with Gasteiger partial charge in [-0.3, -0.25) is 4.90 Å². The van der Waals surface area contributed by atoms with E-state index in [0.717, 1.165) is 50.8 Å². The van der Waals surface area contributed by atoms with Gasteiger partial charge in [-0.25, -0.2) is 9.97 Å². The van der Waals surface area contributed by atoms with Crippen LogP contribution in [0.15, 0.2) is 42.7 Å². The first-order chi connectivity index (χ1) is 12.8.